The highest BCUT2D eigenvalue weighted by molar-refractivity contribution is 6.30. The molecule has 7 heteroatoms. The maximum atomic E-state index is 12.1. The van der Waals surface area contributed by atoms with Crippen LogP contribution in [0.3, 0.4) is 0 Å². The first-order valence-corrected chi connectivity index (χ1v) is 7.76. The number of hydrogen-bond donors (Lipinski definition) is 1. The lowest BCUT2D eigenvalue weighted by Crippen LogP contribution is -2.48. The number of esters is 1. The molecule has 24 heavy (non-hydrogen) atoms. The molecule has 2 aliphatic rings. The fourth-order valence-corrected chi connectivity index (χ4v) is 2.85. The summed E-state index contributed by atoms with van der Waals surface area (Å²) >= 11 is 5.78. The molecule has 0 radical (unpaired) electrons. The number of ether oxygens (including phenoxy) is 4. The minimum atomic E-state index is -1.52. The Kier molecular flexibility index (Phi) is 4.32. The topological polar surface area (TPSA) is 74.2 Å². The van der Waals surface area contributed by atoms with Gasteiger partial charge in [0.2, 0.25) is 0 Å². The maximum Gasteiger partial charge on any atom is 0.338 e. The van der Waals surface area contributed by atoms with E-state index in [1.807, 2.05) is 0 Å². The number of terminal acetylenes is 1. The molecule has 4 atom stereocenters. The summed E-state index contributed by atoms with van der Waals surface area (Å²) in [5.74, 6) is 0.890. The standard InChI is InChI=1S/C17H17ClO6/c1-4-17(9-21-14(20)10-5-7-11(18)8-6-10)13(19)12-15(24-17)23-16(2,3)22-12/h1,5-8,12-13,15,19H,9H2,2-3H3/t12-,13-,15+,17-/m1/s1. The van der Waals surface area contributed by atoms with Crippen molar-refractivity contribution in [2.75, 3.05) is 6.61 Å². The van der Waals surface area contributed by atoms with Gasteiger partial charge in [-0.15, -0.1) is 6.42 Å². The first-order valence-electron chi connectivity index (χ1n) is 7.38. The summed E-state index contributed by atoms with van der Waals surface area (Å²) in [6, 6.07) is 6.21. The van der Waals surface area contributed by atoms with Gasteiger partial charge in [0.1, 0.15) is 18.8 Å². The van der Waals surface area contributed by atoms with E-state index in [9.17, 15) is 9.90 Å². The molecule has 128 valence electrons. The van der Waals surface area contributed by atoms with E-state index >= 15 is 0 Å². The SMILES string of the molecule is C#C[C@]1(COC(=O)c2ccc(Cl)cc2)O[C@@H]2OC(C)(C)O[C@@H]2[C@H]1O. The Morgan fingerprint density at radius 3 is 2.58 bits per heavy atom. The van der Waals surface area contributed by atoms with Crippen LogP contribution in [0.5, 0.6) is 0 Å². The van der Waals surface area contributed by atoms with Crippen molar-refractivity contribution in [1.82, 2.24) is 0 Å². The fraction of sp³-hybridized carbons (Fsp3) is 0.471. The molecule has 0 aromatic heterocycles. The van der Waals surface area contributed by atoms with E-state index in [2.05, 4.69) is 5.92 Å². The molecular weight excluding hydrogens is 336 g/mol. The zero-order chi connectivity index (χ0) is 17.5. The Morgan fingerprint density at radius 2 is 2.00 bits per heavy atom. The molecule has 2 fully saturated rings. The van der Waals surface area contributed by atoms with E-state index in [0.717, 1.165) is 0 Å². The predicted octanol–water partition coefficient (Wildman–Crippen LogP) is 1.74. The average molecular weight is 353 g/mol. The number of hydrogen-bond acceptors (Lipinski definition) is 6. The summed E-state index contributed by atoms with van der Waals surface area (Å²) in [6.07, 6.45) is 2.77. The fourth-order valence-electron chi connectivity index (χ4n) is 2.73. The first kappa shape index (κ1) is 17.2. The highest BCUT2D eigenvalue weighted by atomic mass is 35.5. The van der Waals surface area contributed by atoms with Crippen molar-refractivity contribution in [2.24, 2.45) is 0 Å². The average Bonchev–Trinajstić information content (AvgIpc) is 2.97. The lowest BCUT2D eigenvalue weighted by Gasteiger charge is -2.29. The van der Waals surface area contributed by atoms with Gasteiger partial charge in [-0.1, -0.05) is 17.5 Å². The van der Waals surface area contributed by atoms with E-state index in [1.54, 1.807) is 26.0 Å². The van der Waals surface area contributed by atoms with Gasteiger partial charge in [0.15, 0.2) is 17.7 Å². The number of halogens is 1. The second-order valence-electron chi connectivity index (χ2n) is 6.15. The van der Waals surface area contributed by atoms with Gasteiger partial charge in [0.25, 0.3) is 0 Å². The second-order valence-corrected chi connectivity index (χ2v) is 6.58. The lowest BCUT2D eigenvalue weighted by molar-refractivity contribution is -0.232. The largest absolute Gasteiger partial charge is 0.458 e. The smallest absolute Gasteiger partial charge is 0.338 e. The van der Waals surface area contributed by atoms with Gasteiger partial charge in [0, 0.05) is 5.02 Å². The zero-order valence-corrected chi connectivity index (χ0v) is 13.9. The van der Waals surface area contributed by atoms with Crippen LogP contribution in [0.2, 0.25) is 5.02 Å². The van der Waals surface area contributed by atoms with E-state index in [4.69, 9.17) is 37.0 Å². The molecule has 0 spiro atoms. The van der Waals surface area contributed by atoms with Crippen LogP contribution < -0.4 is 0 Å². The number of aliphatic hydroxyl groups is 1. The first-order chi connectivity index (χ1) is 11.3. The summed E-state index contributed by atoms with van der Waals surface area (Å²) in [7, 11) is 0. The van der Waals surface area contributed by atoms with E-state index in [-0.39, 0.29) is 6.61 Å². The van der Waals surface area contributed by atoms with E-state index in [0.29, 0.717) is 10.6 Å². The van der Waals surface area contributed by atoms with Gasteiger partial charge < -0.3 is 24.1 Å². The number of aliphatic hydroxyl groups excluding tert-OH is 1. The number of carbonyl (C=O) groups excluding carboxylic acids is 1. The van der Waals surface area contributed by atoms with Crippen LogP contribution in [0.1, 0.15) is 24.2 Å². The molecule has 2 saturated heterocycles. The zero-order valence-electron chi connectivity index (χ0n) is 13.2. The minimum absolute atomic E-state index is 0.313. The summed E-state index contributed by atoms with van der Waals surface area (Å²) in [5.41, 5.74) is -1.21. The number of rotatable bonds is 3. The normalized spacial score (nSPS) is 33.7. The molecule has 0 amide bonds. The molecular formula is C17H17ClO6. The van der Waals surface area contributed by atoms with Gasteiger partial charge >= 0.3 is 5.97 Å². The summed E-state index contributed by atoms with van der Waals surface area (Å²) < 4.78 is 22.0. The van der Waals surface area contributed by atoms with Gasteiger partial charge in [-0.3, -0.25) is 0 Å². The molecule has 0 bridgehead atoms. The molecule has 1 aromatic rings. The monoisotopic (exact) mass is 352 g/mol. The summed E-state index contributed by atoms with van der Waals surface area (Å²) in [4.78, 5) is 12.1. The van der Waals surface area contributed by atoms with Gasteiger partial charge in [-0.25, -0.2) is 4.79 Å². The molecule has 6 nitrogen and oxygen atoms in total. The number of carbonyl (C=O) groups is 1. The van der Waals surface area contributed by atoms with Crippen LogP contribution in [0.25, 0.3) is 0 Å². The van der Waals surface area contributed by atoms with Gasteiger partial charge in [-0.05, 0) is 38.1 Å². The molecule has 2 aliphatic heterocycles. The number of fused-ring (bicyclic) bond motifs is 1. The quantitative estimate of drug-likeness (QED) is 0.659. The van der Waals surface area contributed by atoms with Crippen LogP contribution in [-0.4, -0.2) is 47.6 Å². The van der Waals surface area contributed by atoms with Gasteiger partial charge in [-0.2, -0.15) is 0 Å². The molecule has 0 saturated carbocycles. The summed E-state index contributed by atoms with van der Waals surface area (Å²) in [6.45, 7) is 3.09. The number of benzene rings is 1. The Labute approximate surface area is 144 Å². The van der Waals surface area contributed by atoms with Crippen molar-refractivity contribution in [1.29, 1.82) is 0 Å². The van der Waals surface area contributed by atoms with Crippen molar-refractivity contribution >= 4 is 17.6 Å². The third kappa shape index (κ3) is 3.02. The second kappa shape index (κ2) is 6.03. The van der Waals surface area contributed by atoms with Crippen molar-refractivity contribution in [3.8, 4) is 12.3 Å². The molecule has 2 heterocycles. The maximum absolute atomic E-state index is 12.1. The van der Waals surface area contributed by atoms with Crippen LogP contribution in [0.4, 0.5) is 0 Å². The van der Waals surface area contributed by atoms with Crippen LogP contribution in [0.15, 0.2) is 24.3 Å². The Morgan fingerprint density at radius 1 is 1.33 bits per heavy atom. The molecule has 1 N–H and O–H groups in total. The highest BCUT2D eigenvalue weighted by Gasteiger charge is 2.61. The lowest BCUT2D eigenvalue weighted by atomic mass is 9.97. The highest BCUT2D eigenvalue weighted by Crippen LogP contribution is 2.42. The predicted molar refractivity (Wildman–Crippen MR) is 84.2 cm³/mol. The van der Waals surface area contributed by atoms with Crippen molar-refractivity contribution < 1.29 is 28.8 Å². The molecule has 1 aromatic carbocycles. The van der Waals surface area contributed by atoms with E-state index < -0.39 is 35.9 Å². The Balaban J connectivity index is 1.69. The van der Waals surface area contributed by atoms with Crippen molar-refractivity contribution in [2.45, 2.75) is 43.7 Å². The molecule has 0 unspecified atom stereocenters. The van der Waals surface area contributed by atoms with E-state index in [1.165, 1.54) is 12.1 Å². The minimum Gasteiger partial charge on any atom is -0.458 e. The van der Waals surface area contributed by atoms with Crippen molar-refractivity contribution in [3.63, 3.8) is 0 Å². The summed E-state index contributed by atoms with van der Waals surface area (Å²) in [5, 5.41) is 11.0. The van der Waals surface area contributed by atoms with Crippen LogP contribution in [-0.2, 0) is 18.9 Å². The Bertz CT molecular complexity index is 679. The van der Waals surface area contributed by atoms with Crippen LogP contribution >= 0.6 is 11.6 Å². The Hall–Kier alpha value is -1.62. The molecule has 3 rings (SSSR count). The third-order valence-electron chi connectivity index (χ3n) is 3.95. The van der Waals surface area contributed by atoms with Crippen molar-refractivity contribution in [3.05, 3.63) is 34.9 Å². The third-order valence-corrected chi connectivity index (χ3v) is 4.20. The van der Waals surface area contributed by atoms with Gasteiger partial charge in [0.05, 0.1) is 5.56 Å². The van der Waals surface area contributed by atoms with Crippen LogP contribution in [0, 0.1) is 12.3 Å². The molecule has 0 aliphatic carbocycles.